The van der Waals surface area contributed by atoms with Crippen LogP contribution in [0.15, 0.2) is 60.7 Å². The largest absolute Gasteiger partial charge is 0.493 e. The second-order valence-corrected chi connectivity index (χ2v) is 6.39. The Morgan fingerprint density at radius 1 is 1.04 bits per heavy atom. The van der Waals surface area contributed by atoms with E-state index < -0.39 is 5.97 Å². The quantitative estimate of drug-likeness (QED) is 0.517. The maximum absolute atomic E-state index is 11.3. The number of benzene rings is 3. The molecule has 0 unspecified atom stereocenters. The highest BCUT2D eigenvalue weighted by Crippen LogP contribution is 2.25. The summed E-state index contributed by atoms with van der Waals surface area (Å²) in [7, 11) is 0. The molecule has 0 radical (unpaired) electrons. The molecule has 2 N–H and O–H groups in total. The number of hydrogen-bond donors (Lipinski definition) is 2. The molecule has 4 nitrogen and oxygen atoms in total. The van der Waals surface area contributed by atoms with Gasteiger partial charge in [-0.2, -0.15) is 0 Å². The molecule has 0 bridgehead atoms. The summed E-state index contributed by atoms with van der Waals surface area (Å²) < 4.78 is 5.91. The standard InChI is InChI=1S/C21H20ClNO3/c22-16-10-11-19(18(14-16)21(24)25)23-12-3-4-13-26-20-9-5-7-15-6-1-2-8-17(15)20/h1-2,5-11,14,23H,3-4,12-13H2,(H,24,25). The van der Waals surface area contributed by atoms with Gasteiger partial charge in [0.2, 0.25) is 0 Å². The second kappa shape index (κ2) is 8.59. The number of anilines is 1. The van der Waals surface area contributed by atoms with Crippen molar-refractivity contribution >= 4 is 34.0 Å². The molecular formula is C21H20ClNO3. The molecule has 0 aliphatic carbocycles. The first-order valence-corrected chi connectivity index (χ1v) is 8.90. The summed E-state index contributed by atoms with van der Waals surface area (Å²) in [6.45, 7) is 1.28. The first-order chi connectivity index (χ1) is 12.6. The van der Waals surface area contributed by atoms with Crippen molar-refractivity contribution in [1.29, 1.82) is 0 Å². The molecule has 3 aromatic rings. The summed E-state index contributed by atoms with van der Waals surface area (Å²) in [4.78, 5) is 11.3. The monoisotopic (exact) mass is 369 g/mol. The molecule has 134 valence electrons. The topological polar surface area (TPSA) is 58.6 Å². The summed E-state index contributed by atoms with van der Waals surface area (Å²) in [5.41, 5.74) is 0.765. The van der Waals surface area contributed by atoms with Gasteiger partial charge in [-0.05, 0) is 42.5 Å². The van der Waals surface area contributed by atoms with Crippen LogP contribution in [0.25, 0.3) is 10.8 Å². The molecule has 0 amide bonds. The third-order valence-corrected chi connectivity index (χ3v) is 4.34. The molecule has 3 rings (SSSR count). The Hall–Kier alpha value is -2.72. The minimum atomic E-state index is -0.991. The molecule has 0 fully saturated rings. The van der Waals surface area contributed by atoms with Crippen LogP contribution >= 0.6 is 11.6 Å². The molecule has 5 heteroatoms. The number of ether oxygens (including phenoxy) is 1. The number of carboxylic acid groups (broad SMARTS) is 1. The molecule has 0 saturated heterocycles. The Kier molecular flexibility index (Phi) is 5.97. The van der Waals surface area contributed by atoms with Gasteiger partial charge < -0.3 is 15.2 Å². The van der Waals surface area contributed by atoms with Gasteiger partial charge in [0.25, 0.3) is 0 Å². The van der Waals surface area contributed by atoms with Crippen molar-refractivity contribution < 1.29 is 14.6 Å². The van der Waals surface area contributed by atoms with Crippen LogP contribution in [0.5, 0.6) is 5.75 Å². The highest BCUT2D eigenvalue weighted by Gasteiger charge is 2.10. The van der Waals surface area contributed by atoms with Crippen LogP contribution in [0.2, 0.25) is 5.02 Å². The highest BCUT2D eigenvalue weighted by atomic mass is 35.5. The molecule has 0 aliphatic heterocycles. The van der Waals surface area contributed by atoms with Gasteiger partial charge in [-0.3, -0.25) is 0 Å². The minimum Gasteiger partial charge on any atom is -0.493 e. The lowest BCUT2D eigenvalue weighted by Crippen LogP contribution is -2.09. The number of aromatic carboxylic acids is 1. The van der Waals surface area contributed by atoms with E-state index in [0.29, 0.717) is 23.9 Å². The average molecular weight is 370 g/mol. The zero-order valence-electron chi connectivity index (χ0n) is 14.2. The van der Waals surface area contributed by atoms with Crippen LogP contribution in [0.3, 0.4) is 0 Å². The Labute approximate surface area is 157 Å². The van der Waals surface area contributed by atoms with Crippen LogP contribution in [-0.4, -0.2) is 24.2 Å². The van der Waals surface area contributed by atoms with Crippen LogP contribution in [0.4, 0.5) is 5.69 Å². The van der Waals surface area contributed by atoms with Gasteiger partial charge in [-0.15, -0.1) is 0 Å². The molecule has 3 aromatic carbocycles. The SMILES string of the molecule is O=C(O)c1cc(Cl)ccc1NCCCCOc1cccc2ccccc12. The van der Waals surface area contributed by atoms with Gasteiger partial charge >= 0.3 is 5.97 Å². The summed E-state index contributed by atoms with van der Waals surface area (Å²) in [5, 5.41) is 15.1. The van der Waals surface area contributed by atoms with E-state index in [4.69, 9.17) is 16.3 Å². The number of carboxylic acids is 1. The third-order valence-electron chi connectivity index (χ3n) is 4.11. The van der Waals surface area contributed by atoms with E-state index in [-0.39, 0.29) is 5.56 Å². The first-order valence-electron chi connectivity index (χ1n) is 8.52. The number of unbranched alkanes of at least 4 members (excludes halogenated alkanes) is 1. The Morgan fingerprint density at radius 2 is 1.85 bits per heavy atom. The highest BCUT2D eigenvalue weighted by molar-refractivity contribution is 6.31. The molecular weight excluding hydrogens is 350 g/mol. The van der Waals surface area contributed by atoms with Gasteiger partial charge in [0.05, 0.1) is 12.2 Å². The number of fused-ring (bicyclic) bond motifs is 1. The maximum atomic E-state index is 11.3. The number of halogens is 1. The van der Waals surface area contributed by atoms with Crippen LogP contribution in [0.1, 0.15) is 23.2 Å². The zero-order chi connectivity index (χ0) is 18.4. The van der Waals surface area contributed by atoms with Crippen LogP contribution < -0.4 is 10.1 Å². The number of nitrogens with one attached hydrogen (secondary N) is 1. The smallest absolute Gasteiger partial charge is 0.337 e. The Balaban J connectivity index is 1.47. The molecule has 26 heavy (non-hydrogen) atoms. The minimum absolute atomic E-state index is 0.185. The van der Waals surface area contributed by atoms with Crippen LogP contribution in [-0.2, 0) is 0 Å². The summed E-state index contributed by atoms with van der Waals surface area (Å²) in [6.07, 6.45) is 1.73. The lowest BCUT2D eigenvalue weighted by Gasteiger charge is -2.11. The maximum Gasteiger partial charge on any atom is 0.337 e. The molecule has 0 aliphatic rings. The fourth-order valence-corrected chi connectivity index (χ4v) is 2.97. The van der Waals surface area contributed by atoms with Crippen molar-refractivity contribution in [2.45, 2.75) is 12.8 Å². The average Bonchev–Trinajstić information content (AvgIpc) is 2.65. The third kappa shape index (κ3) is 4.46. The zero-order valence-corrected chi connectivity index (χ0v) is 15.0. The van der Waals surface area contributed by atoms with E-state index in [1.807, 2.05) is 24.3 Å². The van der Waals surface area contributed by atoms with Crippen molar-refractivity contribution in [3.05, 3.63) is 71.2 Å². The van der Waals surface area contributed by atoms with E-state index in [1.165, 1.54) is 6.07 Å². The van der Waals surface area contributed by atoms with Crippen molar-refractivity contribution in [2.24, 2.45) is 0 Å². The van der Waals surface area contributed by atoms with Crippen molar-refractivity contribution in [3.8, 4) is 5.75 Å². The van der Waals surface area contributed by atoms with Gasteiger partial charge in [0.1, 0.15) is 5.75 Å². The van der Waals surface area contributed by atoms with Gasteiger partial charge in [0.15, 0.2) is 0 Å². The molecule has 0 spiro atoms. The van der Waals surface area contributed by atoms with Crippen molar-refractivity contribution in [1.82, 2.24) is 0 Å². The molecule has 0 saturated carbocycles. The number of carbonyl (C=O) groups is 1. The van der Waals surface area contributed by atoms with E-state index in [0.717, 1.165) is 29.4 Å². The Bertz CT molecular complexity index is 905. The summed E-state index contributed by atoms with van der Waals surface area (Å²) >= 11 is 5.86. The normalized spacial score (nSPS) is 10.7. The van der Waals surface area contributed by atoms with Crippen molar-refractivity contribution in [2.75, 3.05) is 18.5 Å². The van der Waals surface area contributed by atoms with Crippen molar-refractivity contribution in [3.63, 3.8) is 0 Å². The first kappa shape index (κ1) is 18.1. The molecule has 0 atom stereocenters. The van der Waals surface area contributed by atoms with Crippen LogP contribution in [0, 0.1) is 0 Å². The fraction of sp³-hybridized carbons (Fsp3) is 0.190. The Morgan fingerprint density at radius 3 is 2.69 bits per heavy atom. The van der Waals surface area contributed by atoms with E-state index in [9.17, 15) is 9.90 Å². The number of hydrogen-bond acceptors (Lipinski definition) is 3. The lowest BCUT2D eigenvalue weighted by atomic mass is 10.1. The fourth-order valence-electron chi connectivity index (χ4n) is 2.80. The second-order valence-electron chi connectivity index (χ2n) is 5.95. The summed E-state index contributed by atoms with van der Waals surface area (Å²) in [6, 6.07) is 19.0. The predicted molar refractivity (Wildman–Crippen MR) is 106 cm³/mol. The number of rotatable bonds is 8. The van der Waals surface area contributed by atoms with E-state index in [1.54, 1.807) is 12.1 Å². The van der Waals surface area contributed by atoms with E-state index in [2.05, 4.69) is 23.5 Å². The molecule has 0 aromatic heterocycles. The van der Waals surface area contributed by atoms with Gasteiger partial charge in [0, 0.05) is 22.6 Å². The molecule has 0 heterocycles. The van der Waals surface area contributed by atoms with Gasteiger partial charge in [-0.25, -0.2) is 4.79 Å². The van der Waals surface area contributed by atoms with E-state index >= 15 is 0 Å². The van der Waals surface area contributed by atoms with Gasteiger partial charge in [-0.1, -0.05) is 48.0 Å². The predicted octanol–water partition coefficient (Wildman–Crippen LogP) is 5.46. The summed E-state index contributed by atoms with van der Waals surface area (Å²) in [5.74, 6) is -0.101. The lowest BCUT2D eigenvalue weighted by molar-refractivity contribution is 0.0698.